The van der Waals surface area contributed by atoms with Crippen LogP contribution in [0.3, 0.4) is 0 Å². The molecule has 0 fully saturated rings. The molecule has 2 nitrogen and oxygen atoms in total. The second-order valence-electron chi connectivity index (χ2n) is 4.85. The second-order valence-corrected chi connectivity index (χ2v) is 4.85. The van der Waals surface area contributed by atoms with Crippen molar-refractivity contribution in [1.29, 1.82) is 0 Å². The van der Waals surface area contributed by atoms with Gasteiger partial charge in [-0.25, -0.2) is 0 Å². The molecule has 0 aliphatic heterocycles. The van der Waals surface area contributed by atoms with E-state index in [2.05, 4.69) is 61.3 Å². The van der Waals surface area contributed by atoms with E-state index in [4.69, 9.17) is 0 Å². The molecule has 0 atom stereocenters. The van der Waals surface area contributed by atoms with Gasteiger partial charge in [-0.3, -0.25) is 0 Å². The number of rotatable bonds is 8. The number of hydrogen-bond acceptors (Lipinski definition) is 2. The van der Waals surface area contributed by atoms with Gasteiger partial charge in [-0.2, -0.15) is 0 Å². The summed E-state index contributed by atoms with van der Waals surface area (Å²) in [6.07, 6.45) is 1.26. The Morgan fingerprint density at radius 3 is 2.41 bits per heavy atom. The normalized spacial score (nSPS) is 10.8. The lowest BCUT2D eigenvalue weighted by atomic mass is 10.1. The van der Waals surface area contributed by atoms with Crippen molar-refractivity contribution >= 4 is 5.69 Å². The van der Waals surface area contributed by atoms with E-state index < -0.39 is 0 Å². The molecule has 0 aliphatic rings. The summed E-state index contributed by atoms with van der Waals surface area (Å²) in [5.74, 6) is 0.791. The quantitative estimate of drug-likeness (QED) is 0.695. The fourth-order valence-electron chi connectivity index (χ4n) is 1.84. The Kier molecular flexibility index (Phi) is 6.71. The Bertz CT molecular complexity index is 282. The highest BCUT2D eigenvalue weighted by atomic mass is 15.1. The first-order valence-corrected chi connectivity index (χ1v) is 6.74. The molecular formula is C15H26N2. The predicted octanol–water partition coefficient (Wildman–Crippen LogP) is 3.15. The average Bonchev–Trinajstić information content (AvgIpc) is 2.34. The lowest BCUT2D eigenvalue weighted by molar-refractivity contribution is 0.537. The van der Waals surface area contributed by atoms with Crippen LogP contribution in [-0.2, 0) is 0 Å². The molecular weight excluding hydrogens is 208 g/mol. The van der Waals surface area contributed by atoms with Crippen molar-refractivity contribution in [1.82, 2.24) is 5.32 Å². The summed E-state index contributed by atoms with van der Waals surface area (Å²) in [6, 6.07) is 10.6. The zero-order chi connectivity index (χ0) is 12.5. The van der Waals surface area contributed by atoms with Crippen molar-refractivity contribution < 1.29 is 0 Å². The zero-order valence-corrected chi connectivity index (χ0v) is 11.4. The zero-order valence-electron chi connectivity index (χ0n) is 11.4. The van der Waals surface area contributed by atoms with E-state index in [1.54, 1.807) is 0 Å². The van der Waals surface area contributed by atoms with E-state index in [-0.39, 0.29) is 0 Å². The monoisotopic (exact) mass is 234 g/mol. The molecule has 0 unspecified atom stereocenters. The molecule has 96 valence electrons. The lowest BCUT2D eigenvalue weighted by Gasteiger charge is -2.23. The van der Waals surface area contributed by atoms with Gasteiger partial charge in [-0.15, -0.1) is 0 Å². The van der Waals surface area contributed by atoms with Crippen LogP contribution in [0, 0.1) is 5.92 Å². The lowest BCUT2D eigenvalue weighted by Crippen LogP contribution is -2.32. The van der Waals surface area contributed by atoms with Crippen molar-refractivity contribution in [2.24, 2.45) is 5.92 Å². The number of nitrogens with zero attached hydrogens (tertiary/aromatic N) is 1. The van der Waals surface area contributed by atoms with Crippen LogP contribution in [0.5, 0.6) is 0 Å². The van der Waals surface area contributed by atoms with E-state index in [0.29, 0.717) is 0 Å². The first-order valence-electron chi connectivity index (χ1n) is 6.74. The average molecular weight is 234 g/mol. The maximum Gasteiger partial charge on any atom is 0.0366 e. The van der Waals surface area contributed by atoms with Gasteiger partial charge < -0.3 is 10.2 Å². The molecule has 0 spiro atoms. The van der Waals surface area contributed by atoms with Gasteiger partial charge in [0.05, 0.1) is 0 Å². The fraction of sp³-hybridized carbons (Fsp3) is 0.600. The molecule has 17 heavy (non-hydrogen) atoms. The van der Waals surface area contributed by atoms with Crippen LogP contribution >= 0.6 is 0 Å². The predicted molar refractivity (Wildman–Crippen MR) is 76.7 cm³/mol. The van der Waals surface area contributed by atoms with Crippen LogP contribution in [0.4, 0.5) is 5.69 Å². The minimum atomic E-state index is 0.791. The molecule has 0 heterocycles. The van der Waals surface area contributed by atoms with Gasteiger partial charge in [-0.05, 0) is 37.9 Å². The van der Waals surface area contributed by atoms with Crippen molar-refractivity contribution in [3.05, 3.63) is 30.3 Å². The minimum absolute atomic E-state index is 0.791. The Balaban J connectivity index is 2.24. The number of para-hydroxylation sites is 1. The van der Waals surface area contributed by atoms with Crippen molar-refractivity contribution in [3.63, 3.8) is 0 Å². The van der Waals surface area contributed by atoms with E-state index in [9.17, 15) is 0 Å². The van der Waals surface area contributed by atoms with Gasteiger partial charge in [0.2, 0.25) is 0 Å². The van der Waals surface area contributed by atoms with Gasteiger partial charge in [0.1, 0.15) is 0 Å². The van der Waals surface area contributed by atoms with Crippen LogP contribution < -0.4 is 10.2 Å². The summed E-state index contributed by atoms with van der Waals surface area (Å²) in [5, 5.41) is 3.51. The number of nitrogens with one attached hydrogen (secondary N) is 1. The molecule has 0 bridgehead atoms. The number of hydrogen-bond donors (Lipinski definition) is 1. The summed E-state index contributed by atoms with van der Waals surface area (Å²) < 4.78 is 0. The standard InChI is InChI=1S/C15H26N2/c1-4-17(15-8-6-5-7-9-15)13-12-16-11-10-14(2)3/h5-9,14,16H,4,10-13H2,1-3H3. The van der Waals surface area contributed by atoms with E-state index in [0.717, 1.165) is 32.1 Å². The van der Waals surface area contributed by atoms with Gasteiger partial charge >= 0.3 is 0 Å². The number of benzene rings is 1. The Hall–Kier alpha value is -1.02. The second kappa shape index (κ2) is 8.13. The molecule has 0 saturated carbocycles. The molecule has 0 amide bonds. The maximum absolute atomic E-state index is 3.51. The van der Waals surface area contributed by atoms with E-state index >= 15 is 0 Å². The first-order chi connectivity index (χ1) is 8.24. The van der Waals surface area contributed by atoms with Crippen molar-refractivity contribution in [3.8, 4) is 0 Å². The summed E-state index contributed by atoms with van der Waals surface area (Å²) in [5.41, 5.74) is 1.32. The molecule has 1 aromatic rings. The summed E-state index contributed by atoms with van der Waals surface area (Å²) in [7, 11) is 0. The smallest absolute Gasteiger partial charge is 0.0366 e. The molecule has 1 aromatic carbocycles. The maximum atomic E-state index is 3.51. The van der Waals surface area contributed by atoms with Crippen LogP contribution in [0.1, 0.15) is 27.2 Å². The third-order valence-electron chi connectivity index (χ3n) is 2.96. The molecule has 0 radical (unpaired) electrons. The minimum Gasteiger partial charge on any atom is -0.371 e. The highest BCUT2D eigenvalue weighted by Crippen LogP contribution is 2.11. The Labute approximate surface area is 106 Å². The van der Waals surface area contributed by atoms with Gasteiger partial charge in [0.15, 0.2) is 0 Å². The fourth-order valence-corrected chi connectivity index (χ4v) is 1.84. The number of likely N-dealkylation sites (N-methyl/N-ethyl adjacent to an activating group) is 1. The molecule has 0 saturated heterocycles. The number of anilines is 1. The first kappa shape index (κ1) is 14.0. The molecule has 1 N–H and O–H groups in total. The topological polar surface area (TPSA) is 15.3 Å². The molecule has 0 aliphatic carbocycles. The highest BCUT2D eigenvalue weighted by Gasteiger charge is 2.02. The van der Waals surface area contributed by atoms with Gasteiger partial charge in [0.25, 0.3) is 0 Å². The van der Waals surface area contributed by atoms with Gasteiger partial charge in [-0.1, -0.05) is 32.0 Å². The largest absolute Gasteiger partial charge is 0.371 e. The van der Waals surface area contributed by atoms with Crippen LogP contribution in [0.15, 0.2) is 30.3 Å². The van der Waals surface area contributed by atoms with Crippen LogP contribution in [0.25, 0.3) is 0 Å². The summed E-state index contributed by atoms with van der Waals surface area (Å²) in [6.45, 7) is 11.1. The van der Waals surface area contributed by atoms with E-state index in [1.807, 2.05) is 0 Å². The summed E-state index contributed by atoms with van der Waals surface area (Å²) >= 11 is 0. The molecule has 1 rings (SSSR count). The van der Waals surface area contributed by atoms with Crippen molar-refractivity contribution in [2.75, 3.05) is 31.1 Å². The van der Waals surface area contributed by atoms with E-state index in [1.165, 1.54) is 12.1 Å². The molecule has 2 heteroatoms. The SMILES string of the molecule is CCN(CCNCCC(C)C)c1ccccc1. The molecule has 0 aromatic heterocycles. The Morgan fingerprint density at radius 2 is 1.82 bits per heavy atom. The van der Waals surface area contributed by atoms with Gasteiger partial charge in [0, 0.05) is 25.3 Å². The third kappa shape index (κ3) is 5.73. The van der Waals surface area contributed by atoms with Crippen molar-refractivity contribution in [2.45, 2.75) is 27.2 Å². The van der Waals surface area contributed by atoms with Crippen LogP contribution in [0.2, 0.25) is 0 Å². The highest BCUT2D eigenvalue weighted by molar-refractivity contribution is 5.45. The van der Waals surface area contributed by atoms with Crippen LogP contribution in [-0.4, -0.2) is 26.2 Å². The Morgan fingerprint density at radius 1 is 1.12 bits per heavy atom. The third-order valence-corrected chi connectivity index (χ3v) is 2.96. The summed E-state index contributed by atoms with van der Waals surface area (Å²) in [4.78, 5) is 2.41.